The van der Waals surface area contributed by atoms with Gasteiger partial charge in [0.1, 0.15) is 0 Å². The summed E-state index contributed by atoms with van der Waals surface area (Å²) in [5.41, 5.74) is 1.70. The van der Waals surface area contributed by atoms with Gasteiger partial charge in [-0.2, -0.15) is 0 Å². The van der Waals surface area contributed by atoms with Crippen LogP contribution in [0.2, 0.25) is 0 Å². The van der Waals surface area contributed by atoms with E-state index in [1.807, 2.05) is 0 Å². The van der Waals surface area contributed by atoms with Crippen molar-refractivity contribution in [2.75, 3.05) is 0 Å². The maximum absolute atomic E-state index is 2.41. The molecular formula is C12H18. The second kappa shape index (κ2) is 3.08. The van der Waals surface area contributed by atoms with Crippen LogP contribution in [0.15, 0.2) is 23.8 Å². The molecule has 0 radical (unpaired) electrons. The molecule has 12 heavy (non-hydrogen) atoms. The highest BCUT2D eigenvalue weighted by molar-refractivity contribution is 5.32. The highest BCUT2D eigenvalue weighted by Gasteiger charge is 2.49. The van der Waals surface area contributed by atoms with Crippen LogP contribution in [0.1, 0.15) is 33.1 Å². The lowest BCUT2D eigenvalue weighted by Gasteiger charge is -2.04. The third kappa shape index (κ3) is 1.14. The summed E-state index contributed by atoms with van der Waals surface area (Å²) >= 11 is 0. The van der Waals surface area contributed by atoms with Crippen molar-refractivity contribution in [3.63, 3.8) is 0 Å². The smallest absolute Gasteiger partial charge is 0.0100 e. The molecule has 66 valence electrons. The predicted molar refractivity (Wildman–Crippen MR) is 52.9 cm³/mol. The second-order valence-electron chi connectivity index (χ2n) is 4.04. The first-order valence-electron chi connectivity index (χ1n) is 5.25. The molecule has 0 spiro atoms. The second-order valence-corrected chi connectivity index (χ2v) is 4.04. The Morgan fingerprint density at radius 3 is 2.83 bits per heavy atom. The normalized spacial score (nSPS) is 37.5. The summed E-state index contributed by atoms with van der Waals surface area (Å²) in [7, 11) is 0. The van der Waals surface area contributed by atoms with Crippen molar-refractivity contribution in [2.24, 2.45) is 17.8 Å². The van der Waals surface area contributed by atoms with E-state index in [1.54, 1.807) is 5.57 Å². The minimum Gasteiger partial charge on any atom is -0.0805 e. The minimum atomic E-state index is 0.921. The molecule has 0 aromatic carbocycles. The van der Waals surface area contributed by atoms with Crippen LogP contribution < -0.4 is 0 Å². The Balaban J connectivity index is 2.03. The number of fused-ring (bicyclic) bond motifs is 1. The summed E-state index contributed by atoms with van der Waals surface area (Å²) in [5.74, 6) is 2.87. The summed E-state index contributed by atoms with van der Waals surface area (Å²) < 4.78 is 0. The lowest BCUT2D eigenvalue weighted by atomic mass is 10.0. The zero-order valence-electron chi connectivity index (χ0n) is 8.09. The molecular weight excluding hydrogens is 144 g/mol. The van der Waals surface area contributed by atoms with E-state index in [2.05, 4.69) is 32.1 Å². The van der Waals surface area contributed by atoms with Gasteiger partial charge < -0.3 is 0 Å². The highest BCUT2D eigenvalue weighted by atomic mass is 14.5. The Bertz CT molecular complexity index is 222. The van der Waals surface area contributed by atoms with Gasteiger partial charge in [-0.3, -0.25) is 0 Å². The van der Waals surface area contributed by atoms with E-state index in [4.69, 9.17) is 0 Å². The van der Waals surface area contributed by atoms with Gasteiger partial charge in [0, 0.05) is 0 Å². The summed E-state index contributed by atoms with van der Waals surface area (Å²) in [5, 5.41) is 0. The first-order chi connectivity index (χ1) is 5.88. The molecule has 2 aliphatic rings. The van der Waals surface area contributed by atoms with Crippen molar-refractivity contribution in [3.05, 3.63) is 23.8 Å². The third-order valence-corrected chi connectivity index (χ3v) is 3.33. The van der Waals surface area contributed by atoms with Crippen LogP contribution in [0.25, 0.3) is 0 Å². The van der Waals surface area contributed by atoms with Crippen molar-refractivity contribution in [3.8, 4) is 0 Å². The van der Waals surface area contributed by atoms with E-state index in [0.717, 1.165) is 17.8 Å². The number of hydrogen-bond acceptors (Lipinski definition) is 0. The van der Waals surface area contributed by atoms with Crippen LogP contribution in [-0.4, -0.2) is 0 Å². The number of allylic oxidation sites excluding steroid dienone is 4. The zero-order valence-corrected chi connectivity index (χ0v) is 8.09. The number of hydrogen-bond donors (Lipinski definition) is 0. The molecule has 1 saturated carbocycles. The Morgan fingerprint density at radius 2 is 2.17 bits per heavy atom. The van der Waals surface area contributed by atoms with E-state index >= 15 is 0 Å². The Labute approximate surface area is 75.4 Å². The van der Waals surface area contributed by atoms with E-state index < -0.39 is 0 Å². The molecule has 0 bridgehead atoms. The summed E-state index contributed by atoms with van der Waals surface area (Å²) in [6.07, 6.45) is 11.0. The van der Waals surface area contributed by atoms with Gasteiger partial charge >= 0.3 is 0 Å². The maximum Gasteiger partial charge on any atom is -0.0100 e. The fourth-order valence-electron chi connectivity index (χ4n) is 2.66. The standard InChI is InChI=1S/C12H18/c1-3-6-10-11-8-5-7-9(4-2)12(10)11/h5,7-8,10-12H,3-4,6H2,1-2H3. The van der Waals surface area contributed by atoms with Gasteiger partial charge in [-0.25, -0.2) is 0 Å². The van der Waals surface area contributed by atoms with E-state index in [-0.39, 0.29) is 0 Å². The molecule has 0 heterocycles. The molecule has 1 fully saturated rings. The monoisotopic (exact) mass is 162 g/mol. The topological polar surface area (TPSA) is 0 Å². The SMILES string of the molecule is CCCC1C2C=CC=C(CC)C21. The zero-order chi connectivity index (χ0) is 8.55. The summed E-state index contributed by atoms with van der Waals surface area (Å²) in [6, 6.07) is 0. The molecule has 0 amide bonds. The first-order valence-corrected chi connectivity index (χ1v) is 5.25. The van der Waals surface area contributed by atoms with Crippen molar-refractivity contribution < 1.29 is 0 Å². The van der Waals surface area contributed by atoms with Gasteiger partial charge in [0.15, 0.2) is 0 Å². The van der Waals surface area contributed by atoms with Crippen molar-refractivity contribution >= 4 is 0 Å². The quantitative estimate of drug-likeness (QED) is 0.595. The fourth-order valence-corrected chi connectivity index (χ4v) is 2.66. The lowest BCUT2D eigenvalue weighted by molar-refractivity contribution is 0.653. The van der Waals surface area contributed by atoms with E-state index in [0.29, 0.717) is 0 Å². The van der Waals surface area contributed by atoms with Gasteiger partial charge in [0.25, 0.3) is 0 Å². The molecule has 3 unspecified atom stereocenters. The van der Waals surface area contributed by atoms with E-state index in [9.17, 15) is 0 Å². The number of rotatable bonds is 3. The molecule has 0 aromatic heterocycles. The summed E-state index contributed by atoms with van der Waals surface area (Å²) in [6.45, 7) is 4.58. The van der Waals surface area contributed by atoms with Crippen molar-refractivity contribution in [1.29, 1.82) is 0 Å². The van der Waals surface area contributed by atoms with E-state index in [1.165, 1.54) is 19.3 Å². The largest absolute Gasteiger partial charge is 0.0805 e. The van der Waals surface area contributed by atoms with Crippen molar-refractivity contribution in [2.45, 2.75) is 33.1 Å². The molecule has 0 nitrogen and oxygen atoms in total. The molecule has 0 aliphatic heterocycles. The molecule has 0 heteroatoms. The van der Waals surface area contributed by atoms with Crippen LogP contribution in [0, 0.1) is 17.8 Å². The average molecular weight is 162 g/mol. The van der Waals surface area contributed by atoms with Crippen LogP contribution in [0.5, 0.6) is 0 Å². The van der Waals surface area contributed by atoms with Crippen LogP contribution in [-0.2, 0) is 0 Å². The Hall–Kier alpha value is -0.520. The van der Waals surface area contributed by atoms with Gasteiger partial charge in [-0.15, -0.1) is 0 Å². The first kappa shape index (κ1) is 8.10. The van der Waals surface area contributed by atoms with Gasteiger partial charge in [0.05, 0.1) is 0 Å². The van der Waals surface area contributed by atoms with Gasteiger partial charge in [-0.1, -0.05) is 44.1 Å². The van der Waals surface area contributed by atoms with Gasteiger partial charge in [0.2, 0.25) is 0 Å². The van der Waals surface area contributed by atoms with Crippen LogP contribution in [0.3, 0.4) is 0 Å². The predicted octanol–water partition coefficient (Wildman–Crippen LogP) is 3.55. The van der Waals surface area contributed by atoms with Crippen molar-refractivity contribution in [1.82, 2.24) is 0 Å². The molecule has 0 N–H and O–H groups in total. The lowest BCUT2D eigenvalue weighted by Crippen LogP contribution is -1.90. The molecule has 0 saturated heterocycles. The molecule has 2 rings (SSSR count). The van der Waals surface area contributed by atoms with Crippen LogP contribution >= 0.6 is 0 Å². The summed E-state index contributed by atoms with van der Waals surface area (Å²) in [4.78, 5) is 0. The fraction of sp³-hybridized carbons (Fsp3) is 0.667. The third-order valence-electron chi connectivity index (χ3n) is 3.33. The Kier molecular flexibility index (Phi) is 2.08. The van der Waals surface area contributed by atoms with Gasteiger partial charge in [-0.05, 0) is 30.6 Å². The molecule has 2 aliphatic carbocycles. The maximum atomic E-state index is 2.41. The average Bonchev–Trinajstić information content (AvgIpc) is 2.80. The molecule has 3 atom stereocenters. The minimum absolute atomic E-state index is 0.921. The Morgan fingerprint density at radius 1 is 1.33 bits per heavy atom. The molecule has 0 aromatic rings. The van der Waals surface area contributed by atoms with Crippen LogP contribution in [0.4, 0.5) is 0 Å². The highest BCUT2D eigenvalue weighted by Crippen LogP contribution is 2.56.